The summed E-state index contributed by atoms with van der Waals surface area (Å²) in [5.41, 5.74) is 18.2. The van der Waals surface area contributed by atoms with Crippen molar-refractivity contribution in [3.05, 3.63) is 221 Å². The molecular formula is C47H33N. The first-order valence-electron chi connectivity index (χ1n) is 16.7. The van der Waals surface area contributed by atoms with Gasteiger partial charge in [0.15, 0.2) is 0 Å². The van der Waals surface area contributed by atoms with Gasteiger partial charge in [0.25, 0.3) is 0 Å². The topological polar surface area (TPSA) is 3.24 Å². The summed E-state index contributed by atoms with van der Waals surface area (Å²) in [7, 11) is 0. The molecule has 48 heavy (non-hydrogen) atoms. The molecule has 0 spiro atoms. The number of hydrogen-bond acceptors (Lipinski definition) is 1. The van der Waals surface area contributed by atoms with Crippen molar-refractivity contribution in [1.82, 2.24) is 4.90 Å². The van der Waals surface area contributed by atoms with Crippen LogP contribution in [-0.4, -0.2) is 4.90 Å². The molecule has 5 aromatic rings. The second-order valence-corrected chi connectivity index (χ2v) is 12.6. The van der Waals surface area contributed by atoms with Gasteiger partial charge >= 0.3 is 0 Å². The third-order valence-electron chi connectivity index (χ3n) is 9.51. The Morgan fingerprint density at radius 2 is 0.854 bits per heavy atom. The van der Waals surface area contributed by atoms with Crippen LogP contribution in [0.15, 0.2) is 193 Å². The van der Waals surface area contributed by atoms with E-state index in [2.05, 4.69) is 193 Å². The Balaban J connectivity index is 1.21. The number of fused-ring (bicyclic) bond motifs is 1. The average molecular weight is 612 g/mol. The van der Waals surface area contributed by atoms with Gasteiger partial charge in [0.2, 0.25) is 0 Å². The maximum atomic E-state index is 2.40. The van der Waals surface area contributed by atoms with Gasteiger partial charge in [-0.3, -0.25) is 0 Å². The van der Waals surface area contributed by atoms with Gasteiger partial charge in [-0.15, -0.1) is 0 Å². The summed E-state index contributed by atoms with van der Waals surface area (Å²) in [6.07, 6.45) is 24.1. The number of nitrogens with zero attached hydrogens (tertiary/aromatic N) is 1. The van der Waals surface area contributed by atoms with Gasteiger partial charge in [0.05, 0.1) is 0 Å². The Labute approximate surface area is 282 Å². The normalized spacial score (nSPS) is 16.0. The zero-order valence-corrected chi connectivity index (χ0v) is 26.6. The number of hydrogen-bond donors (Lipinski definition) is 0. The zero-order chi connectivity index (χ0) is 31.9. The number of rotatable bonds is 5. The highest BCUT2D eigenvalue weighted by Crippen LogP contribution is 2.44. The molecule has 0 aromatic heterocycles. The van der Waals surface area contributed by atoms with E-state index in [4.69, 9.17) is 0 Å². The van der Waals surface area contributed by atoms with E-state index >= 15 is 0 Å². The van der Waals surface area contributed by atoms with E-state index < -0.39 is 0 Å². The fourth-order valence-electron chi connectivity index (χ4n) is 7.17. The zero-order valence-electron chi connectivity index (χ0n) is 26.6. The third kappa shape index (κ3) is 5.16. The van der Waals surface area contributed by atoms with E-state index in [0.717, 1.165) is 6.42 Å². The van der Waals surface area contributed by atoms with Crippen LogP contribution >= 0.6 is 0 Å². The summed E-state index contributed by atoms with van der Waals surface area (Å²) in [4.78, 5) is 2.40. The van der Waals surface area contributed by atoms with Crippen LogP contribution in [0, 0.1) is 0 Å². The van der Waals surface area contributed by atoms with Gasteiger partial charge < -0.3 is 4.90 Å². The maximum absolute atomic E-state index is 2.40. The standard InChI is InChI=1S/C47H33N/c1-4-13-33(14-5-1)36-19-10-21-38(25-36)40-27-43-28-41(39-22-11-20-37(26-39)34-15-6-2-7-16-34)30-45-32-42(31-44(29-40)48(43)45)47-24-12-18-35-17-8-3-9-23-46(35)47/h1-2,4-32H,3H2. The predicted octanol–water partition coefficient (Wildman–Crippen LogP) is 12.0. The highest BCUT2D eigenvalue weighted by atomic mass is 15.2. The third-order valence-corrected chi connectivity index (χ3v) is 9.51. The molecule has 1 heteroatoms. The SMILES string of the molecule is C1=Cc2cccc(C3=CC4=CC(c5cccc(-c6ccccc6)c5)=CC5=CC(c6cccc(-c7ccccc7)c6)=CC(=C3)N54)c2C=CC1. The maximum Gasteiger partial charge on any atom is 0.0474 e. The highest BCUT2D eigenvalue weighted by Gasteiger charge is 2.28. The molecule has 0 amide bonds. The lowest BCUT2D eigenvalue weighted by atomic mass is 9.87. The Morgan fingerprint density at radius 1 is 0.375 bits per heavy atom. The minimum absolute atomic E-state index is 0.950. The highest BCUT2D eigenvalue weighted by molar-refractivity contribution is 5.92. The lowest BCUT2D eigenvalue weighted by Gasteiger charge is -2.37. The first-order chi connectivity index (χ1) is 23.8. The minimum atomic E-state index is 0.950. The number of benzene rings is 5. The van der Waals surface area contributed by atoms with Crippen molar-refractivity contribution in [3.8, 4) is 22.3 Å². The van der Waals surface area contributed by atoms with Crippen LogP contribution in [0.3, 0.4) is 0 Å². The quantitative estimate of drug-likeness (QED) is 0.191. The molecule has 0 bridgehead atoms. The van der Waals surface area contributed by atoms with Crippen molar-refractivity contribution < 1.29 is 0 Å². The van der Waals surface area contributed by atoms with E-state index in [0.29, 0.717) is 0 Å². The molecule has 1 nitrogen and oxygen atoms in total. The van der Waals surface area contributed by atoms with E-state index in [1.807, 2.05) is 0 Å². The monoisotopic (exact) mass is 611 g/mol. The Morgan fingerprint density at radius 3 is 1.46 bits per heavy atom. The average Bonchev–Trinajstić information content (AvgIpc) is 3.41. The molecule has 9 rings (SSSR count). The summed E-state index contributed by atoms with van der Waals surface area (Å²) >= 11 is 0. The molecule has 0 radical (unpaired) electrons. The Bertz CT molecular complexity index is 2250. The van der Waals surface area contributed by atoms with Crippen LogP contribution in [0.4, 0.5) is 0 Å². The van der Waals surface area contributed by atoms with E-state index in [-0.39, 0.29) is 0 Å². The van der Waals surface area contributed by atoms with Crippen LogP contribution in [0.2, 0.25) is 0 Å². The summed E-state index contributed by atoms with van der Waals surface area (Å²) in [6.45, 7) is 0. The van der Waals surface area contributed by atoms with Gasteiger partial charge in [-0.05, 0) is 122 Å². The summed E-state index contributed by atoms with van der Waals surface area (Å²) in [5.74, 6) is 0. The molecule has 226 valence electrons. The molecular weight excluding hydrogens is 579 g/mol. The molecule has 1 aliphatic carbocycles. The van der Waals surface area contributed by atoms with Gasteiger partial charge in [0.1, 0.15) is 0 Å². The van der Waals surface area contributed by atoms with Crippen molar-refractivity contribution in [2.45, 2.75) is 6.42 Å². The van der Waals surface area contributed by atoms with E-state index in [9.17, 15) is 0 Å². The molecule has 3 heterocycles. The molecule has 0 fully saturated rings. The fourth-order valence-corrected chi connectivity index (χ4v) is 7.17. The van der Waals surface area contributed by atoms with Crippen LogP contribution in [0.1, 0.15) is 34.2 Å². The molecule has 0 saturated heterocycles. The van der Waals surface area contributed by atoms with Gasteiger partial charge in [0, 0.05) is 17.1 Å². The van der Waals surface area contributed by atoms with Crippen molar-refractivity contribution in [3.63, 3.8) is 0 Å². The molecule has 0 unspecified atom stereocenters. The predicted molar refractivity (Wildman–Crippen MR) is 203 cm³/mol. The van der Waals surface area contributed by atoms with Crippen LogP contribution in [0.25, 0.3) is 51.1 Å². The van der Waals surface area contributed by atoms with Crippen LogP contribution in [0.5, 0.6) is 0 Å². The van der Waals surface area contributed by atoms with Crippen LogP contribution < -0.4 is 0 Å². The largest absolute Gasteiger partial charge is 0.310 e. The molecule has 0 atom stereocenters. The molecule has 3 aliphatic heterocycles. The lowest BCUT2D eigenvalue weighted by Crippen LogP contribution is -2.26. The summed E-state index contributed by atoms with van der Waals surface area (Å²) < 4.78 is 0. The first-order valence-corrected chi connectivity index (χ1v) is 16.7. The molecule has 4 aliphatic rings. The van der Waals surface area contributed by atoms with E-state index in [1.54, 1.807) is 0 Å². The van der Waals surface area contributed by atoms with Crippen molar-refractivity contribution >= 4 is 28.9 Å². The summed E-state index contributed by atoms with van der Waals surface area (Å²) in [5, 5.41) is 0. The Hall–Kier alpha value is -6.18. The second kappa shape index (κ2) is 11.9. The van der Waals surface area contributed by atoms with Crippen molar-refractivity contribution in [2.24, 2.45) is 0 Å². The van der Waals surface area contributed by atoms with Gasteiger partial charge in [-0.25, -0.2) is 0 Å². The minimum Gasteiger partial charge on any atom is -0.310 e. The molecule has 5 aromatic carbocycles. The summed E-state index contributed by atoms with van der Waals surface area (Å²) in [6, 6.07) is 45.8. The van der Waals surface area contributed by atoms with Gasteiger partial charge in [-0.1, -0.05) is 140 Å². The first kappa shape index (κ1) is 28.1. The van der Waals surface area contributed by atoms with E-state index in [1.165, 1.54) is 83.9 Å². The fraction of sp³-hybridized carbons (Fsp3) is 0.0213. The number of allylic oxidation sites excluding steroid dienone is 11. The lowest BCUT2D eigenvalue weighted by molar-refractivity contribution is 0.567. The van der Waals surface area contributed by atoms with Gasteiger partial charge in [-0.2, -0.15) is 0 Å². The smallest absolute Gasteiger partial charge is 0.0474 e. The second-order valence-electron chi connectivity index (χ2n) is 12.6. The Kier molecular flexibility index (Phi) is 6.95. The van der Waals surface area contributed by atoms with Crippen molar-refractivity contribution in [2.75, 3.05) is 0 Å². The molecule has 0 saturated carbocycles. The molecule has 0 N–H and O–H groups in total. The van der Waals surface area contributed by atoms with Crippen molar-refractivity contribution in [1.29, 1.82) is 0 Å². The van der Waals surface area contributed by atoms with Crippen LogP contribution in [-0.2, 0) is 0 Å².